The summed E-state index contributed by atoms with van der Waals surface area (Å²) < 4.78 is 0. The minimum absolute atomic E-state index is 0.0603. The number of carbonyl (C=O) groups excluding carboxylic acids is 2. The van der Waals surface area contributed by atoms with Crippen LogP contribution in [0.15, 0.2) is 0 Å². The van der Waals surface area contributed by atoms with Crippen LogP contribution in [0, 0.1) is 5.41 Å². The van der Waals surface area contributed by atoms with E-state index >= 15 is 0 Å². The summed E-state index contributed by atoms with van der Waals surface area (Å²) in [7, 11) is 3.35. The average Bonchev–Trinajstić information content (AvgIpc) is 2.36. The SMILES string of the molecule is CN(C)C(=O)CNC(=O)C1(CN)CCCCC1. The van der Waals surface area contributed by atoms with Gasteiger partial charge in [-0.05, 0) is 12.8 Å². The molecule has 1 fully saturated rings. The van der Waals surface area contributed by atoms with E-state index in [-0.39, 0.29) is 18.4 Å². The van der Waals surface area contributed by atoms with Crippen LogP contribution in [0.25, 0.3) is 0 Å². The van der Waals surface area contributed by atoms with Gasteiger partial charge in [0.05, 0.1) is 12.0 Å². The maximum absolute atomic E-state index is 12.1. The predicted octanol–water partition coefficient (Wildman–Crippen LogP) is 0.100. The van der Waals surface area contributed by atoms with E-state index in [4.69, 9.17) is 5.73 Å². The fourth-order valence-electron chi connectivity index (χ4n) is 2.25. The molecule has 0 atom stereocenters. The summed E-state index contributed by atoms with van der Waals surface area (Å²) >= 11 is 0. The lowest BCUT2D eigenvalue weighted by molar-refractivity contribution is -0.136. The smallest absolute Gasteiger partial charge is 0.241 e. The van der Waals surface area contributed by atoms with Crippen LogP contribution in [0.4, 0.5) is 0 Å². The van der Waals surface area contributed by atoms with Gasteiger partial charge in [0.2, 0.25) is 11.8 Å². The van der Waals surface area contributed by atoms with E-state index in [0.717, 1.165) is 25.7 Å². The van der Waals surface area contributed by atoms with Crippen molar-refractivity contribution in [1.29, 1.82) is 0 Å². The van der Waals surface area contributed by atoms with Gasteiger partial charge in [0.25, 0.3) is 0 Å². The second-order valence-electron chi connectivity index (χ2n) is 5.02. The standard InChI is InChI=1S/C12H23N3O2/c1-15(2)10(16)8-14-11(17)12(9-13)6-4-3-5-7-12/h3-9,13H2,1-2H3,(H,14,17). The molecule has 0 radical (unpaired) electrons. The van der Waals surface area contributed by atoms with Crippen LogP contribution in [0.3, 0.4) is 0 Å². The molecule has 5 nitrogen and oxygen atoms in total. The predicted molar refractivity (Wildman–Crippen MR) is 66.3 cm³/mol. The van der Waals surface area contributed by atoms with Gasteiger partial charge in [-0.15, -0.1) is 0 Å². The molecule has 0 aromatic carbocycles. The number of rotatable bonds is 4. The zero-order chi connectivity index (χ0) is 12.9. The molecule has 0 spiro atoms. The molecule has 5 heteroatoms. The molecule has 0 unspecified atom stereocenters. The molecule has 0 bridgehead atoms. The summed E-state index contributed by atoms with van der Waals surface area (Å²) in [6.45, 7) is 0.433. The molecule has 0 aromatic heterocycles. The van der Waals surface area contributed by atoms with Gasteiger partial charge in [-0.1, -0.05) is 19.3 Å². The lowest BCUT2D eigenvalue weighted by atomic mass is 9.73. The van der Waals surface area contributed by atoms with Gasteiger partial charge in [0, 0.05) is 20.6 Å². The van der Waals surface area contributed by atoms with Crippen molar-refractivity contribution < 1.29 is 9.59 Å². The number of nitrogens with zero attached hydrogens (tertiary/aromatic N) is 1. The quantitative estimate of drug-likeness (QED) is 0.733. The van der Waals surface area contributed by atoms with E-state index < -0.39 is 5.41 Å². The summed E-state index contributed by atoms with van der Waals surface area (Å²) in [6, 6.07) is 0. The molecule has 1 saturated carbocycles. The second-order valence-corrected chi connectivity index (χ2v) is 5.02. The summed E-state index contributed by atoms with van der Waals surface area (Å²) in [5.74, 6) is -0.156. The Labute approximate surface area is 103 Å². The molecule has 3 N–H and O–H groups in total. The molecular formula is C12H23N3O2. The van der Waals surface area contributed by atoms with Crippen LogP contribution in [-0.4, -0.2) is 43.9 Å². The maximum Gasteiger partial charge on any atom is 0.241 e. The normalized spacial score (nSPS) is 18.5. The minimum Gasteiger partial charge on any atom is -0.347 e. The topological polar surface area (TPSA) is 75.4 Å². The molecule has 98 valence electrons. The Bertz CT molecular complexity index is 283. The summed E-state index contributed by atoms with van der Waals surface area (Å²) in [4.78, 5) is 25.0. The number of likely N-dealkylation sites (N-methyl/N-ethyl adjacent to an activating group) is 1. The van der Waals surface area contributed by atoms with Gasteiger partial charge in [-0.25, -0.2) is 0 Å². The molecule has 1 aliphatic carbocycles. The van der Waals surface area contributed by atoms with Crippen molar-refractivity contribution in [1.82, 2.24) is 10.2 Å². The molecule has 2 amide bonds. The molecule has 0 aromatic rings. The van der Waals surface area contributed by atoms with Crippen molar-refractivity contribution in [3.05, 3.63) is 0 Å². The Hall–Kier alpha value is -1.10. The molecule has 17 heavy (non-hydrogen) atoms. The number of amides is 2. The Morgan fingerprint density at radius 1 is 1.24 bits per heavy atom. The third kappa shape index (κ3) is 3.43. The fraction of sp³-hybridized carbons (Fsp3) is 0.833. The molecular weight excluding hydrogens is 218 g/mol. The van der Waals surface area contributed by atoms with Crippen LogP contribution >= 0.6 is 0 Å². The second kappa shape index (κ2) is 6.00. The molecule has 1 rings (SSSR count). The van der Waals surface area contributed by atoms with Crippen molar-refractivity contribution in [2.24, 2.45) is 11.1 Å². The average molecular weight is 241 g/mol. The van der Waals surface area contributed by atoms with Gasteiger partial charge >= 0.3 is 0 Å². The molecule has 0 aliphatic heterocycles. The minimum atomic E-state index is -0.440. The summed E-state index contributed by atoms with van der Waals surface area (Å²) in [6.07, 6.45) is 4.95. The van der Waals surface area contributed by atoms with E-state index in [1.165, 1.54) is 11.3 Å². The fourth-order valence-corrected chi connectivity index (χ4v) is 2.25. The van der Waals surface area contributed by atoms with Gasteiger partial charge in [0.1, 0.15) is 0 Å². The number of nitrogens with two attached hydrogens (primary N) is 1. The largest absolute Gasteiger partial charge is 0.347 e. The third-order valence-electron chi connectivity index (χ3n) is 3.58. The summed E-state index contributed by atoms with van der Waals surface area (Å²) in [5, 5.41) is 2.72. The first-order valence-corrected chi connectivity index (χ1v) is 6.20. The molecule has 0 saturated heterocycles. The zero-order valence-electron chi connectivity index (χ0n) is 10.8. The van der Waals surface area contributed by atoms with Crippen molar-refractivity contribution in [2.75, 3.05) is 27.2 Å². The first-order chi connectivity index (χ1) is 8.02. The van der Waals surface area contributed by atoms with Crippen molar-refractivity contribution >= 4 is 11.8 Å². The summed E-state index contributed by atoms with van der Waals surface area (Å²) in [5.41, 5.74) is 5.31. The van der Waals surface area contributed by atoms with Gasteiger partial charge < -0.3 is 16.0 Å². The third-order valence-corrected chi connectivity index (χ3v) is 3.58. The van der Waals surface area contributed by atoms with E-state index in [1.54, 1.807) is 14.1 Å². The monoisotopic (exact) mass is 241 g/mol. The maximum atomic E-state index is 12.1. The lowest BCUT2D eigenvalue weighted by Crippen LogP contribution is -2.49. The van der Waals surface area contributed by atoms with Crippen molar-refractivity contribution in [3.8, 4) is 0 Å². The van der Waals surface area contributed by atoms with Crippen LogP contribution < -0.4 is 11.1 Å². The Morgan fingerprint density at radius 3 is 2.29 bits per heavy atom. The Morgan fingerprint density at radius 2 is 1.82 bits per heavy atom. The van der Waals surface area contributed by atoms with Crippen LogP contribution in [0.1, 0.15) is 32.1 Å². The van der Waals surface area contributed by atoms with E-state index in [0.29, 0.717) is 6.54 Å². The number of hydrogen-bond donors (Lipinski definition) is 2. The highest BCUT2D eigenvalue weighted by Gasteiger charge is 2.38. The Kier molecular flexibility index (Phi) is 4.93. The van der Waals surface area contributed by atoms with Crippen LogP contribution in [-0.2, 0) is 9.59 Å². The van der Waals surface area contributed by atoms with E-state index in [9.17, 15) is 9.59 Å². The lowest BCUT2D eigenvalue weighted by Gasteiger charge is -2.34. The number of nitrogens with one attached hydrogen (secondary N) is 1. The highest BCUT2D eigenvalue weighted by Crippen LogP contribution is 2.35. The van der Waals surface area contributed by atoms with Gasteiger partial charge in [-0.2, -0.15) is 0 Å². The first-order valence-electron chi connectivity index (χ1n) is 6.20. The van der Waals surface area contributed by atoms with E-state index in [2.05, 4.69) is 5.32 Å². The number of carbonyl (C=O) groups is 2. The first kappa shape index (κ1) is 14.0. The number of hydrogen-bond acceptors (Lipinski definition) is 3. The molecule has 0 heterocycles. The molecule has 1 aliphatic rings. The van der Waals surface area contributed by atoms with E-state index in [1.807, 2.05) is 0 Å². The highest BCUT2D eigenvalue weighted by molar-refractivity contribution is 5.88. The van der Waals surface area contributed by atoms with Crippen LogP contribution in [0.2, 0.25) is 0 Å². The highest BCUT2D eigenvalue weighted by atomic mass is 16.2. The van der Waals surface area contributed by atoms with Gasteiger partial charge in [0.15, 0.2) is 0 Å². The zero-order valence-corrected chi connectivity index (χ0v) is 10.8. The van der Waals surface area contributed by atoms with Gasteiger partial charge in [-0.3, -0.25) is 9.59 Å². The Balaban J connectivity index is 2.52. The van der Waals surface area contributed by atoms with Crippen LogP contribution in [0.5, 0.6) is 0 Å². The van der Waals surface area contributed by atoms with Crippen molar-refractivity contribution in [3.63, 3.8) is 0 Å². The van der Waals surface area contributed by atoms with Crippen molar-refractivity contribution in [2.45, 2.75) is 32.1 Å².